The van der Waals surface area contributed by atoms with E-state index in [1.54, 1.807) is 6.26 Å². The van der Waals surface area contributed by atoms with Crippen molar-refractivity contribution < 1.29 is 4.42 Å². The first kappa shape index (κ1) is 10.4. The Kier molecular flexibility index (Phi) is 2.41. The third-order valence-electron chi connectivity index (χ3n) is 2.80. The van der Waals surface area contributed by atoms with Gasteiger partial charge in [0, 0.05) is 5.02 Å². The number of rotatable bonds is 2. The van der Waals surface area contributed by atoms with E-state index in [1.807, 2.05) is 37.3 Å². The monoisotopic (exact) mass is 246 g/mol. The Morgan fingerprint density at radius 3 is 3.00 bits per heavy atom. The molecule has 0 radical (unpaired) electrons. The van der Waals surface area contributed by atoms with Gasteiger partial charge in [-0.2, -0.15) is 0 Å². The van der Waals surface area contributed by atoms with Crippen LogP contribution in [0.15, 0.2) is 41.0 Å². The predicted molar refractivity (Wildman–Crippen MR) is 67.3 cm³/mol. The van der Waals surface area contributed by atoms with Crippen LogP contribution in [0.3, 0.4) is 0 Å². The van der Waals surface area contributed by atoms with E-state index in [4.69, 9.17) is 16.0 Å². The Balaban J connectivity index is 2.12. The van der Waals surface area contributed by atoms with Crippen LogP contribution in [0, 0.1) is 6.92 Å². The van der Waals surface area contributed by atoms with Gasteiger partial charge >= 0.3 is 0 Å². The summed E-state index contributed by atoms with van der Waals surface area (Å²) in [4.78, 5) is 4.49. The molecule has 0 saturated carbocycles. The second-order valence-corrected chi connectivity index (χ2v) is 4.39. The van der Waals surface area contributed by atoms with Crippen LogP contribution in [0.4, 0.5) is 0 Å². The summed E-state index contributed by atoms with van der Waals surface area (Å²) in [6.07, 6.45) is 1.68. The highest BCUT2D eigenvalue weighted by atomic mass is 35.5. The molecule has 0 N–H and O–H groups in total. The van der Waals surface area contributed by atoms with Crippen LogP contribution in [-0.4, -0.2) is 9.55 Å². The number of furan rings is 1. The smallest absolute Gasteiger partial charge is 0.123 e. The molecule has 0 fully saturated rings. The maximum absolute atomic E-state index is 5.96. The van der Waals surface area contributed by atoms with Gasteiger partial charge in [-0.25, -0.2) is 4.98 Å². The molecule has 0 unspecified atom stereocenters. The SMILES string of the molecule is Cc1nc2cc(Cl)ccc2n1Cc1ccco1. The van der Waals surface area contributed by atoms with Gasteiger partial charge in [0.2, 0.25) is 0 Å². The lowest BCUT2D eigenvalue weighted by atomic mass is 10.3. The van der Waals surface area contributed by atoms with Crippen molar-refractivity contribution in [2.24, 2.45) is 0 Å². The van der Waals surface area contributed by atoms with Gasteiger partial charge < -0.3 is 8.98 Å². The predicted octanol–water partition coefficient (Wildman–Crippen LogP) is 3.64. The molecule has 0 atom stereocenters. The molecule has 2 heterocycles. The van der Waals surface area contributed by atoms with E-state index >= 15 is 0 Å². The highest BCUT2D eigenvalue weighted by Gasteiger charge is 2.09. The zero-order valence-electron chi connectivity index (χ0n) is 9.35. The first-order chi connectivity index (χ1) is 8.24. The Morgan fingerprint density at radius 2 is 2.24 bits per heavy atom. The molecule has 3 rings (SSSR count). The first-order valence-corrected chi connectivity index (χ1v) is 5.76. The lowest BCUT2D eigenvalue weighted by Crippen LogP contribution is -2.00. The third kappa shape index (κ3) is 1.83. The summed E-state index contributed by atoms with van der Waals surface area (Å²) in [6.45, 7) is 2.67. The van der Waals surface area contributed by atoms with Gasteiger partial charge in [0.25, 0.3) is 0 Å². The van der Waals surface area contributed by atoms with E-state index in [2.05, 4.69) is 9.55 Å². The molecular formula is C13H11ClN2O. The summed E-state index contributed by atoms with van der Waals surface area (Å²) in [5, 5.41) is 0.708. The van der Waals surface area contributed by atoms with Crippen LogP contribution in [0.1, 0.15) is 11.6 Å². The average molecular weight is 247 g/mol. The third-order valence-corrected chi connectivity index (χ3v) is 3.03. The number of imidazole rings is 1. The van der Waals surface area contributed by atoms with E-state index in [1.165, 1.54) is 0 Å². The summed E-state index contributed by atoms with van der Waals surface area (Å²) >= 11 is 5.96. The zero-order chi connectivity index (χ0) is 11.8. The van der Waals surface area contributed by atoms with Crippen LogP contribution >= 0.6 is 11.6 Å². The van der Waals surface area contributed by atoms with Crippen molar-refractivity contribution in [1.29, 1.82) is 0 Å². The second-order valence-electron chi connectivity index (χ2n) is 3.96. The van der Waals surface area contributed by atoms with Crippen molar-refractivity contribution in [3.8, 4) is 0 Å². The maximum Gasteiger partial charge on any atom is 0.123 e. The molecule has 0 saturated heterocycles. The Morgan fingerprint density at radius 1 is 1.35 bits per heavy atom. The van der Waals surface area contributed by atoms with Gasteiger partial charge in [-0.1, -0.05) is 11.6 Å². The molecule has 0 aliphatic heterocycles. The van der Waals surface area contributed by atoms with E-state index < -0.39 is 0 Å². The van der Waals surface area contributed by atoms with Gasteiger partial charge in [-0.05, 0) is 37.3 Å². The van der Waals surface area contributed by atoms with Crippen LogP contribution in [0.2, 0.25) is 5.02 Å². The quantitative estimate of drug-likeness (QED) is 0.691. The molecule has 0 spiro atoms. The minimum Gasteiger partial charge on any atom is -0.467 e. The molecule has 2 aromatic heterocycles. The number of fused-ring (bicyclic) bond motifs is 1. The zero-order valence-corrected chi connectivity index (χ0v) is 10.1. The number of hydrogen-bond acceptors (Lipinski definition) is 2. The van der Waals surface area contributed by atoms with Crippen molar-refractivity contribution >= 4 is 22.6 Å². The minimum atomic E-state index is 0.691. The first-order valence-electron chi connectivity index (χ1n) is 5.39. The van der Waals surface area contributed by atoms with Crippen LogP contribution in [0.25, 0.3) is 11.0 Å². The standard InChI is InChI=1S/C13H11ClN2O/c1-9-15-12-7-10(14)4-5-13(12)16(9)8-11-3-2-6-17-11/h2-7H,8H2,1H3. The minimum absolute atomic E-state index is 0.691. The van der Waals surface area contributed by atoms with E-state index in [9.17, 15) is 0 Å². The van der Waals surface area contributed by atoms with Gasteiger partial charge in [-0.15, -0.1) is 0 Å². The number of aryl methyl sites for hydroxylation is 1. The molecule has 17 heavy (non-hydrogen) atoms. The van der Waals surface area contributed by atoms with Gasteiger partial charge in [0.15, 0.2) is 0 Å². The molecule has 0 aliphatic rings. The van der Waals surface area contributed by atoms with Crippen molar-refractivity contribution in [2.75, 3.05) is 0 Å². The van der Waals surface area contributed by atoms with Crippen molar-refractivity contribution in [3.05, 3.63) is 53.2 Å². The summed E-state index contributed by atoms with van der Waals surface area (Å²) < 4.78 is 7.48. The van der Waals surface area contributed by atoms with E-state index in [0.717, 1.165) is 22.6 Å². The molecule has 3 nitrogen and oxygen atoms in total. The van der Waals surface area contributed by atoms with Crippen LogP contribution in [0.5, 0.6) is 0 Å². The topological polar surface area (TPSA) is 31.0 Å². The molecule has 0 bridgehead atoms. The highest BCUT2D eigenvalue weighted by molar-refractivity contribution is 6.31. The van der Waals surface area contributed by atoms with Gasteiger partial charge in [0.1, 0.15) is 11.6 Å². The number of aromatic nitrogens is 2. The molecule has 0 amide bonds. The molecule has 4 heteroatoms. The lowest BCUT2D eigenvalue weighted by Gasteiger charge is -2.04. The Hall–Kier alpha value is -1.74. The summed E-state index contributed by atoms with van der Waals surface area (Å²) in [7, 11) is 0. The van der Waals surface area contributed by atoms with Gasteiger partial charge in [0.05, 0.1) is 23.8 Å². The fraction of sp³-hybridized carbons (Fsp3) is 0.154. The van der Waals surface area contributed by atoms with Crippen molar-refractivity contribution in [2.45, 2.75) is 13.5 Å². The Labute approximate surface area is 104 Å². The molecule has 1 aromatic carbocycles. The molecular weight excluding hydrogens is 236 g/mol. The maximum atomic E-state index is 5.96. The molecule has 0 aliphatic carbocycles. The highest BCUT2D eigenvalue weighted by Crippen LogP contribution is 2.21. The number of halogens is 1. The fourth-order valence-electron chi connectivity index (χ4n) is 1.98. The van der Waals surface area contributed by atoms with E-state index in [-0.39, 0.29) is 0 Å². The summed E-state index contributed by atoms with van der Waals surface area (Å²) in [6, 6.07) is 9.59. The van der Waals surface area contributed by atoms with Crippen LogP contribution in [-0.2, 0) is 6.54 Å². The second kappa shape index (κ2) is 3.93. The molecule has 3 aromatic rings. The van der Waals surface area contributed by atoms with E-state index in [0.29, 0.717) is 11.6 Å². The largest absolute Gasteiger partial charge is 0.467 e. The summed E-state index contributed by atoms with van der Waals surface area (Å²) in [5.74, 6) is 1.88. The average Bonchev–Trinajstić information content (AvgIpc) is 2.88. The number of hydrogen-bond donors (Lipinski definition) is 0. The Bertz CT molecular complexity index is 655. The number of benzene rings is 1. The lowest BCUT2D eigenvalue weighted by molar-refractivity contribution is 0.494. The fourth-order valence-corrected chi connectivity index (χ4v) is 2.15. The van der Waals surface area contributed by atoms with Crippen molar-refractivity contribution in [1.82, 2.24) is 9.55 Å². The normalized spacial score (nSPS) is 11.2. The number of nitrogens with zero attached hydrogens (tertiary/aromatic N) is 2. The molecule has 86 valence electrons. The van der Waals surface area contributed by atoms with Gasteiger partial charge in [-0.3, -0.25) is 0 Å². The summed E-state index contributed by atoms with van der Waals surface area (Å²) in [5.41, 5.74) is 1.99. The van der Waals surface area contributed by atoms with Crippen LogP contribution < -0.4 is 0 Å². The van der Waals surface area contributed by atoms with Crippen molar-refractivity contribution in [3.63, 3.8) is 0 Å².